The number of allylic oxidation sites excluding steroid dienone is 24. The quantitative estimate of drug-likeness (QED) is 0.0204. The fourth-order valence-electron chi connectivity index (χ4n) is 6.49. The van der Waals surface area contributed by atoms with Gasteiger partial charge in [-0.25, -0.2) is 8.59 Å². The molecule has 0 aromatic heterocycles. The Labute approximate surface area is 663 Å². The molecular weight excluding hydrogens is 1680 g/mol. The van der Waals surface area contributed by atoms with Crippen molar-refractivity contribution >= 4 is 91.9 Å². The lowest BCUT2D eigenvalue weighted by molar-refractivity contribution is -0.328. The smallest absolute Gasteiger partial charge is 0.315 e. The second-order valence-corrected chi connectivity index (χ2v) is 32.3. The molecule has 0 aliphatic heterocycles. The first kappa shape index (κ1) is 135. The number of hydrogen-bond donors (Lipinski definition) is 0. The Hall–Kier alpha value is -0.520. The third kappa shape index (κ3) is 205. The minimum atomic E-state index is -5.64. The van der Waals surface area contributed by atoms with Crippen LogP contribution in [0.4, 0.5) is 8.59 Å². The Kier molecular flexibility index (Phi) is 145. The maximum absolute atomic E-state index is 10.9. The molecule has 0 saturated carbocycles. The van der Waals surface area contributed by atoms with Crippen LogP contribution in [0.3, 0.4) is 0 Å². The summed E-state index contributed by atoms with van der Waals surface area (Å²) in [4.78, 5) is 46.3. The monoisotopic (exact) mass is 1840 g/mol. The highest BCUT2D eigenvalue weighted by molar-refractivity contribution is 15.0. The largest absolute Gasteiger partial charge is 0.870 e. The van der Waals surface area contributed by atoms with Crippen molar-refractivity contribution in [3.63, 3.8) is 0 Å². The zero-order valence-electron chi connectivity index (χ0n) is 68.9. The van der Waals surface area contributed by atoms with Crippen molar-refractivity contribution in [2.45, 2.75) is 355 Å². The third-order valence-electron chi connectivity index (χ3n) is 11.2. The van der Waals surface area contributed by atoms with Gasteiger partial charge < -0.3 is 43.6 Å². The molecule has 0 rings (SSSR count). The van der Waals surface area contributed by atoms with Crippen LogP contribution < -0.4 is 24.5 Å². The molecule has 3 unspecified atom stereocenters. The molecule has 0 fully saturated rings. The second-order valence-electron chi connectivity index (χ2n) is 25.3. The van der Waals surface area contributed by atoms with Crippen LogP contribution in [0.15, 0.2) is 140 Å². The Morgan fingerprint density at radius 3 is 0.740 bits per heavy atom. The van der Waals surface area contributed by atoms with Crippen molar-refractivity contribution in [1.29, 1.82) is 0 Å². The topological polar surface area (TPSA) is 214 Å². The summed E-state index contributed by atoms with van der Waals surface area (Å²) in [6, 6.07) is 0. The van der Waals surface area contributed by atoms with Gasteiger partial charge in [-0.2, -0.15) is 0 Å². The van der Waals surface area contributed by atoms with Crippen LogP contribution >= 0.6 is 91.9 Å². The molecule has 0 spiro atoms. The minimum Gasteiger partial charge on any atom is -0.870 e. The van der Waals surface area contributed by atoms with Gasteiger partial charge in [0.05, 0.1) is 7.37 Å². The van der Waals surface area contributed by atoms with Gasteiger partial charge in [-0.1, -0.05) is 280 Å². The number of rotatable bonds is 32. The van der Waals surface area contributed by atoms with Crippen molar-refractivity contribution in [1.82, 2.24) is 0 Å². The van der Waals surface area contributed by atoms with E-state index in [1.165, 1.54) is 205 Å². The van der Waals surface area contributed by atoms with Crippen LogP contribution in [0, 0.1) is 0 Å². The zero-order chi connectivity index (χ0) is 78.7. The molecule has 3 atom stereocenters. The highest BCUT2D eigenvalue weighted by Crippen LogP contribution is 2.37. The lowest BCUT2D eigenvalue weighted by Crippen LogP contribution is -2.07. The molecule has 0 radical (unpaired) electrons. The summed E-state index contributed by atoms with van der Waals surface area (Å²) in [5.41, 5.74) is 16.4. The predicted octanol–water partition coefficient (Wildman–Crippen LogP) is 30.1. The van der Waals surface area contributed by atoms with E-state index in [9.17, 15) is 37.0 Å². The molecule has 604 valence electrons. The molecule has 0 aliphatic rings. The summed E-state index contributed by atoms with van der Waals surface area (Å²) >= 11 is 4.24. The standard InChI is InChI=1S/C18H32.2C17H30.C12H20.4C3H8.C2H6FO2P.C2H6O4P2.CH4.FH2O3P.I2.HI.H2O/c1-6-7-8-12-17(4)14-10-15-18(5)13-9-11-16(2)3;2*1-6-7-11-16(4)13-9-14-17(5)12-8-10-15(2)3;1-5-6-9-12(4)10-7-8-11(2)3;4*1-3-2;1-6(4,5)2-3;1-8(5,6)2-7(3)4;;1-5(2,3)4;1-2;;/h11-12,15H,6-10,13-14H2,1-5H3;2*10-11,14H,6-9,12-13H2,1-5H3;5-6,8-9H,7,10H2,1-4H3;4*3H2,1-2H3;2H2,1H3,(H,4,5);2H2,1H3,(H,5,6);1H4;(H2,2,3,4);;1H;1H2/p-5/b17-12+,18-15+;2*16-11+,17-14+;6-5+,12-9+;;;;;;;;;;;. The van der Waals surface area contributed by atoms with Crippen molar-refractivity contribution < 1.29 is 56.8 Å². The van der Waals surface area contributed by atoms with E-state index >= 15 is 0 Å². The summed E-state index contributed by atoms with van der Waals surface area (Å²) in [6.07, 6.45) is 59.4. The Bertz CT molecular complexity index is 2170. The fraction of sp³-hybridized carbons (Fsp3) is 0.704. The molecule has 19 heteroatoms. The highest BCUT2D eigenvalue weighted by Gasteiger charge is 2.08. The average molecular weight is 1840 g/mol. The van der Waals surface area contributed by atoms with Gasteiger partial charge in [0.2, 0.25) is 0 Å². The first-order valence-corrected chi connectivity index (χ1v) is 49.4. The summed E-state index contributed by atoms with van der Waals surface area (Å²) in [7, 11) is -15.5. The van der Waals surface area contributed by atoms with Crippen molar-refractivity contribution in [2.24, 2.45) is 0 Å². The van der Waals surface area contributed by atoms with E-state index in [1.807, 2.05) is 6.92 Å². The van der Waals surface area contributed by atoms with Gasteiger partial charge in [0.25, 0.3) is 0 Å². The van der Waals surface area contributed by atoms with E-state index in [0.29, 0.717) is 0 Å². The molecule has 0 amide bonds. The first-order valence-electron chi connectivity index (χ1n) is 35.8. The van der Waals surface area contributed by atoms with Crippen molar-refractivity contribution in [3.8, 4) is 0 Å². The number of hydrogen-bond acceptors (Lipinski definition) is 10. The van der Waals surface area contributed by atoms with E-state index in [1.54, 1.807) is 16.7 Å². The van der Waals surface area contributed by atoms with Gasteiger partial charge in [-0.15, -0.1) is 24.0 Å². The Morgan fingerprint density at radius 1 is 0.400 bits per heavy atom. The Balaban J connectivity index is -0.0000000642. The van der Waals surface area contributed by atoms with Crippen LogP contribution in [0.1, 0.15) is 355 Å². The van der Waals surface area contributed by atoms with Crippen LogP contribution in [-0.2, 0) is 18.3 Å². The molecular formula is C81H160F2I3O10P4-5. The van der Waals surface area contributed by atoms with Gasteiger partial charge in [0, 0.05) is 44.6 Å². The van der Waals surface area contributed by atoms with E-state index in [4.69, 9.17) is 14.4 Å². The van der Waals surface area contributed by atoms with Crippen LogP contribution in [-0.4, -0.2) is 31.1 Å². The molecule has 0 aliphatic carbocycles. The van der Waals surface area contributed by atoms with Gasteiger partial charge in [0.15, 0.2) is 5.90 Å². The molecule has 10 nitrogen and oxygen atoms in total. The van der Waals surface area contributed by atoms with Gasteiger partial charge in [0.1, 0.15) is 14.3 Å². The van der Waals surface area contributed by atoms with Gasteiger partial charge in [-0.3, -0.25) is 0 Å². The molecule has 1 N–H and O–H groups in total. The molecule has 0 aromatic carbocycles. The number of alkyl halides is 1. The molecule has 100 heavy (non-hydrogen) atoms. The molecule has 0 aromatic rings. The van der Waals surface area contributed by atoms with Crippen LogP contribution in [0.25, 0.3) is 0 Å². The Morgan fingerprint density at radius 2 is 0.590 bits per heavy atom. The molecule has 0 heterocycles. The summed E-state index contributed by atoms with van der Waals surface area (Å²) in [5, 5.41) is 0. The van der Waals surface area contributed by atoms with E-state index in [2.05, 4.69) is 296 Å². The summed E-state index contributed by atoms with van der Waals surface area (Å²) in [5.74, 6) is -0.720. The first-order chi connectivity index (χ1) is 45.0. The van der Waals surface area contributed by atoms with Crippen LogP contribution in [0.5, 0.6) is 0 Å². The summed E-state index contributed by atoms with van der Waals surface area (Å²) < 4.78 is 58.9. The minimum absolute atomic E-state index is 0. The van der Waals surface area contributed by atoms with Gasteiger partial charge in [-0.05, 0) is 233 Å². The summed E-state index contributed by atoms with van der Waals surface area (Å²) in [6.45, 7) is 60.5. The van der Waals surface area contributed by atoms with Crippen LogP contribution in [0.2, 0.25) is 0 Å². The molecule has 0 saturated heterocycles. The second kappa shape index (κ2) is 107. The van der Waals surface area contributed by atoms with E-state index in [0.717, 1.165) is 13.3 Å². The third-order valence-corrected chi connectivity index (χ3v) is 14.6. The van der Waals surface area contributed by atoms with Gasteiger partial charge >= 0.3 is 8.03 Å². The van der Waals surface area contributed by atoms with E-state index in [-0.39, 0.29) is 36.9 Å². The zero-order valence-corrected chi connectivity index (χ0v) is 79.2. The fourth-order valence-corrected chi connectivity index (χ4v) is 8.17. The SMILES string of the molecule is C.C/C=C/C=C(\C)CCC=C(C)C.CCC.CCC.CCC.CCC.CCC/C=C(\C)CC/C=C(\C)CCC=C(C)C.CCC/C=C(\C)CC/C=C(\C)CCC=C(C)C.CCCC/C=C(\C)CC/C=C(\C)CCC=C(C)C.CP(=O)([O-])CF.CP(=O)([O-])C[P+](=O)[O-].I.II.O=P([O-])([O-])F.[OH-]. The maximum Gasteiger partial charge on any atom is 0.315 e. The normalized spacial score (nSPS) is 12.2. The number of unbranched alkanes of at least 4 members (excludes halogenated alkanes) is 4. The lowest BCUT2D eigenvalue weighted by atomic mass is 10.1. The lowest BCUT2D eigenvalue weighted by Gasteiger charge is -2.15. The average Bonchev–Trinajstić information content (AvgIpc) is 1.12. The van der Waals surface area contributed by atoms with Crippen molar-refractivity contribution in [2.75, 3.05) is 25.6 Å². The predicted molar refractivity (Wildman–Crippen MR) is 473 cm³/mol. The van der Waals surface area contributed by atoms with Crippen molar-refractivity contribution in [3.05, 3.63) is 140 Å². The van der Waals surface area contributed by atoms with E-state index < -0.39 is 43.0 Å². The molecule has 0 bridgehead atoms. The maximum atomic E-state index is 10.9. The number of halogens is 5. The highest BCUT2D eigenvalue weighted by atomic mass is 128.